The molecule has 1 aromatic heterocycles. The molecule has 2 N–H and O–H groups in total. The molecule has 1 heterocycles. The Balaban J connectivity index is 2.47. The molecule has 0 bridgehead atoms. The smallest absolute Gasteiger partial charge is 0.407 e. The second-order valence-corrected chi connectivity index (χ2v) is 4.62. The summed E-state index contributed by atoms with van der Waals surface area (Å²) in [5.74, 6) is -0.508. The standard InChI is InChI=1S/C11H17N3O4/c1-11(2,3)18-10(16)12-6-7-5-8(14-13-7)9(15)17-4/h5H,6H2,1-4H3,(H,12,16)(H,13,14). The summed E-state index contributed by atoms with van der Waals surface area (Å²) < 4.78 is 9.57. The molecule has 0 saturated heterocycles. The minimum absolute atomic E-state index is 0.169. The first-order chi connectivity index (χ1) is 8.31. The van der Waals surface area contributed by atoms with Gasteiger partial charge in [0.2, 0.25) is 0 Å². The zero-order valence-electron chi connectivity index (χ0n) is 10.9. The highest BCUT2D eigenvalue weighted by Gasteiger charge is 2.16. The van der Waals surface area contributed by atoms with E-state index in [1.54, 1.807) is 20.8 Å². The Kier molecular flexibility index (Phi) is 4.30. The van der Waals surface area contributed by atoms with Crippen molar-refractivity contribution in [3.8, 4) is 0 Å². The second kappa shape index (κ2) is 5.52. The van der Waals surface area contributed by atoms with Crippen molar-refractivity contribution in [1.29, 1.82) is 0 Å². The number of alkyl carbamates (subject to hydrolysis) is 1. The summed E-state index contributed by atoms with van der Waals surface area (Å²) >= 11 is 0. The Labute approximate surface area is 105 Å². The number of esters is 1. The van der Waals surface area contributed by atoms with E-state index in [9.17, 15) is 9.59 Å². The summed E-state index contributed by atoms with van der Waals surface area (Å²) in [7, 11) is 1.28. The van der Waals surface area contributed by atoms with Crippen molar-refractivity contribution in [3.63, 3.8) is 0 Å². The maximum atomic E-state index is 11.4. The number of nitrogens with one attached hydrogen (secondary N) is 2. The molecule has 0 radical (unpaired) electrons. The van der Waals surface area contributed by atoms with Gasteiger partial charge in [-0.1, -0.05) is 0 Å². The summed E-state index contributed by atoms with van der Waals surface area (Å²) in [5, 5.41) is 8.90. The number of nitrogens with zero attached hydrogens (tertiary/aromatic N) is 1. The lowest BCUT2D eigenvalue weighted by Gasteiger charge is -2.19. The molecule has 1 amide bonds. The Morgan fingerprint density at radius 2 is 2.11 bits per heavy atom. The van der Waals surface area contributed by atoms with Crippen molar-refractivity contribution < 1.29 is 19.1 Å². The molecule has 7 heteroatoms. The number of H-pyrrole nitrogens is 1. The van der Waals surface area contributed by atoms with Crippen LogP contribution >= 0.6 is 0 Å². The summed E-state index contributed by atoms with van der Waals surface area (Å²) in [6.07, 6.45) is -0.537. The fraction of sp³-hybridized carbons (Fsp3) is 0.545. The topological polar surface area (TPSA) is 93.3 Å². The predicted molar refractivity (Wildman–Crippen MR) is 63.0 cm³/mol. The first kappa shape index (κ1) is 14.0. The Morgan fingerprint density at radius 3 is 2.67 bits per heavy atom. The van der Waals surface area contributed by atoms with Crippen LogP contribution in [0.5, 0.6) is 0 Å². The van der Waals surface area contributed by atoms with E-state index in [0.717, 1.165) is 0 Å². The molecule has 0 fully saturated rings. The molecule has 0 unspecified atom stereocenters. The van der Waals surface area contributed by atoms with E-state index in [2.05, 4.69) is 20.3 Å². The summed E-state index contributed by atoms with van der Waals surface area (Å²) in [4.78, 5) is 22.5. The molecule has 0 aliphatic heterocycles. The Hall–Kier alpha value is -2.05. The molecule has 1 aromatic rings. The van der Waals surface area contributed by atoms with Crippen molar-refractivity contribution >= 4 is 12.1 Å². The summed E-state index contributed by atoms with van der Waals surface area (Å²) in [6.45, 7) is 5.49. The third-order valence-electron chi connectivity index (χ3n) is 1.85. The molecule has 1 rings (SSSR count). The number of aromatic nitrogens is 2. The third kappa shape index (κ3) is 4.44. The van der Waals surface area contributed by atoms with Gasteiger partial charge in [-0.3, -0.25) is 5.10 Å². The summed E-state index contributed by atoms with van der Waals surface area (Å²) in [6, 6.07) is 1.50. The van der Waals surface area contributed by atoms with E-state index in [-0.39, 0.29) is 12.2 Å². The minimum Gasteiger partial charge on any atom is -0.464 e. The SMILES string of the molecule is COC(=O)c1cc(CNC(=O)OC(C)(C)C)n[nH]1. The van der Waals surface area contributed by atoms with E-state index in [1.165, 1.54) is 13.2 Å². The largest absolute Gasteiger partial charge is 0.464 e. The van der Waals surface area contributed by atoms with E-state index in [0.29, 0.717) is 5.69 Å². The highest BCUT2D eigenvalue weighted by molar-refractivity contribution is 5.87. The first-order valence-electron chi connectivity index (χ1n) is 5.41. The Morgan fingerprint density at radius 1 is 1.44 bits per heavy atom. The molecular formula is C11H17N3O4. The molecule has 18 heavy (non-hydrogen) atoms. The van der Waals surface area contributed by atoms with Gasteiger partial charge in [-0.15, -0.1) is 0 Å². The van der Waals surface area contributed by atoms with Crippen LogP contribution in [0.1, 0.15) is 37.0 Å². The van der Waals surface area contributed by atoms with Crippen molar-refractivity contribution in [2.45, 2.75) is 32.9 Å². The average Bonchev–Trinajstić information content (AvgIpc) is 2.71. The van der Waals surface area contributed by atoms with Crippen LogP contribution in [0.2, 0.25) is 0 Å². The quantitative estimate of drug-likeness (QED) is 0.792. The predicted octanol–water partition coefficient (Wildman–Crippen LogP) is 1.22. The maximum Gasteiger partial charge on any atom is 0.407 e. The van der Waals surface area contributed by atoms with Gasteiger partial charge < -0.3 is 14.8 Å². The molecule has 0 aliphatic carbocycles. The lowest BCUT2D eigenvalue weighted by atomic mass is 10.2. The fourth-order valence-corrected chi connectivity index (χ4v) is 1.15. The van der Waals surface area contributed by atoms with Gasteiger partial charge in [-0.2, -0.15) is 5.10 Å². The van der Waals surface area contributed by atoms with Crippen molar-refractivity contribution in [2.24, 2.45) is 0 Å². The van der Waals surface area contributed by atoms with Crippen LogP contribution < -0.4 is 5.32 Å². The van der Waals surface area contributed by atoms with Gasteiger partial charge in [0, 0.05) is 0 Å². The minimum atomic E-state index is -0.549. The molecule has 0 aliphatic rings. The van der Waals surface area contributed by atoms with Crippen LogP contribution in [0.3, 0.4) is 0 Å². The number of amides is 1. The first-order valence-corrected chi connectivity index (χ1v) is 5.41. The monoisotopic (exact) mass is 255 g/mol. The molecule has 0 spiro atoms. The van der Waals surface area contributed by atoms with E-state index >= 15 is 0 Å². The number of hydrogen-bond acceptors (Lipinski definition) is 5. The summed E-state index contributed by atoms with van der Waals surface area (Å²) in [5.41, 5.74) is 0.201. The molecule has 100 valence electrons. The van der Waals surface area contributed by atoms with Gasteiger partial charge in [-0.25, -0.2) is 9.59 Å². The third-order valence-corrected chi connectivity index (χ3v) is 1.85. The number of methoxy groups -OCH3 is 1. The molecular weight excluding hydrogens is 238 g/mol. The normalized spacial score (nSPS) is 10.9. The molecule has 0 saturated carbocycles. The van der Waals surface area contributed by atoms with Crippen LogP contribution in [-0.2, 0) is 16.0 Å². The highest BCUT2D eigenvalue weighted by Crippen LogP contribution is 2.07. The number of ether oxygens (including phenoxy) is 2. The zero-order valence-corrected chi connectivity index (χ0v) is 10.9. The average molecular weight is 255 g/mol. The maximum absolute atomic E-state index is 11.4. The molecule has 0 aromatic carbocycles. The van der Waals surface area contributed by atoms with E-state index < -0.39 is 17.7 Å². The fourth-order valence-electron chi connectivity index (χ4n) is 1.15. The van der Waals surface area contributed by atoms with Gasteiger partial charge in [0.15, 0.2) is 0 Å². The lowest BCUT2D eigenvalue weighted by Crippen LogP contribution is -2.32. The molecule has 7 nitrogen and oxygen atoms in total. The van der Waals surface area contributed by atoms with Gasteiger partial charge in [-0.05, 0) is 26.8 Å². The number of carbonyl (C=O) groups excluding carboxylic acids is 2. The van der Waals surface area contributed by atoms with Gasteiger partial charge >= 0.3 is 12.1 Å². The number of carbonyl (C=O) groups is 2. The van der Waals surface area contributed by atoms with Crippen LogP contribution in [0.15, 0.2) is 6.07 Å². The molecule has 0 atom stereocenters. The Bertz CT molecular complexity index is 434. The second-order valence-electron chi connectivity index (χ2n) is 4.62. The van der Waals surface area contributed by atoms with Crippen molar-refractivity contribution in [3.05, 3.63) is 17.5 Å². The van der Waals surface area contributed by atoms with Crippen molar-refractivity contribution in [1.82, 2.24) is 15.5 Å². The van der Waals surface area contributed by atoms with Crippen LogP contribution in [0.4, 0.5) is 4.79 Å². The zero-order chi connectivity index (χ0) is 13.8. The lowest BCUT2D eigenvalue weighted by molar-refractivity contribution is 0.0522. The van der Waals surface area contributed by atoms with Crippen LogP contribution in [-0.4, -0.2) is 35.0 Å². The van der Waals surface area contributed by atoms with Gasteiger partial charge in [0.05, 0.1) is 19.3 Å². The number of hydrogen-bond donors (Lipinski definition) is 2. The van der Waals surface area contributed by atoms with E-state index in [4.69, 9.17) is 4.74 Å². The van der Waals surface area contributed by atoms with Crippen molar-refractivity contribution in [2.75, 3.05) is 7.11 Å². The van der Waals surface area contributed by atoms with Crippen LogP contribution in [0.25, 0.3) is 0 Å². The van der Waals surface area contributed by atoms with Crippen LogP contribution in [0, 0.1) is 0 Å². The highest BCUT2D eigenvalue weighted by atomic mass is 16.6. The van der Waals surface area contributed by atoms with Gasteiger partial charge in [0.25, 0.3) is 0 Å². The number of rotatable bonds is 3. The van der Waals surface area contributed by atoms with E-state index in [1.807, 2.05) is 0 Å². The number of aromatic amines is 1. The van der Waals surface area contributed by atoms with Gasteiger partial charge in [0.1, 0.15) is 11.3 Å².